The van der Waals surface area contributed by atoms with E-state index in [1.165, 1.54) is 10.9 Å². The van der Waals surface area contributed by atoms with Gasteiger partial charge in [-0.05, 0) is 24.1 Å². The van der Waals surface area contributed by atoms with Crippen molar-refractivity contribution < 1.29 is 4.79 Å². The van der Waals surface area contributed by atoms with Crippen LogP contribution in [0.5, 0.6) is 0 Å². The fourth-order valence-electron chi connectivity index (χ4n) is 4.42. The highest BCUT2D eigenvalue weighted by atomic mass is 16.2. The number of fused-ring (bicyclic) bond motifs is 6. The molecule has 1 amide bonds. The van der Waals surface area contributed by atoms with Crippen molar-refractivity contribution in [2.45, 2.75) is 12.0 Å². The number of nitrogens with zero attached hydrogens (tertiary/aromatic N) is 1. The van der Waals surface area contributed by atoms with E-state index in [2.05, 4.69) is 41.1 Å². The molecule has 25 heavy (non-hydrogen) atoms. The van der Waals surface area contributed by atoms with Gasteiger partial charge in [0.1, 0.15) is 0 Å². The van der Waals surface area contributed by atoms with Crippen LogP contribution in [0.25, 0.3) is 10.9 Å². The lowest BCUT2D eigenvalue weighted by Gasteiger charge is -2.34. The molecule has 5 rings (SSSR count). The minimum absolute atomic E-state index is 0.0705. The summed E-state index contributed by atoms with van der Waals surface area (Å²) in [4.78, 5) is 18.9. The van der Waals surface area contributed by atoms with Crippen molar-refractivity contribution in [1.82, 2.24) is 10.3 Å². The summed E-state index contributed by atoms with van der Waals surface area (Å²) in [7, 11) is 0. The Bertz CT molecular complexity index is 1020. The minimum Gasteiger partial charge on any atom is -0.356 e. The zero-order chi connectivity index (χ0) is 17.0. The lowest BCUT2D eigenvalue weighted by Crippen LogP contribution is -2.55. The molecule has 4 nitrogen and oxygen atoms in total. The van der Waals surface area contributed by atoms with Gasteiger partial charge in [0.2, 0.25) is 0 Å². The van der Waals surface area contributed by atoms with Gasteiger partial charge in [-0.1, -0.05) is 42.5 Å². The summed E-state index contributed by atoms with van der Waals surface area (Å²) in [5.41, 5.74) is 4.48. The largest absolute Gasteiger partial charge is 0.356 e. The summed E-state index contributed by atoms with van der Waals surface area (Å²) < 4.78 is 0. The van der Waals surface area contributed by atoms with E-state index in [1.54, 1.807) is 6.08 Å². The van der Waals surface area contributed by atoms with Gasteiger partial charge in [0.05, 0.1) is 11.4 Å². The highest BCUT2D eigenvalue weighted by Crippen LogP contribution is 2.47. The number of H-pyrrole nitrogens is 1. The second-order valence-electron chi connectivity index (χ2n) is 6.67. The molecule has 2 aliphatic heterocycles. The van der Waals surface area contributed by atoms with Crippen molar-refractivity contribution in [2.24, 2.45) is 0 Å². The number of rotatable bonds is 2. The third-order valence-corrected chi connectivity index (χ3v) is 5.43. The van der Waals surface area contributed by atoms with Crippen LogP contribution in [0.2, 0.25) is 0 Å². The molecule has 0 bridgehead atoms. The van der Waals surface area contributed by atoms with E-state index in [0.29, 0.717) is 6.54 Å². The highest BCUT2D eigenvalue weighted by Gasteiger charge is 2.54. The molecule has 1 spiro atoms. The molecule has 3 heterocycles. The number of amides is 1. The van der Waals surface area contributed by atoms with Crippen molar-refractivity contribution in [1.29, 1.82) is 0 Å². The van der Waals surface area contributed by atoms with E-state index in [0.717, 1.165) is 35.4 Å². The number of para-hydroxylation sites is 2. The predicted molar refractivity (Wildman–Crippen MR) is 99.8 cm³/mol. The van der Waals surface area contributed by atoms with E-state index in [4.69, 9.17) is 0 Å². The molecule has 1 aromatic heterocycles. The van der Waals surface area contributed by atoms with Crippen LogP contribution >= 0.6 is 0 Å². The third-order valence-electron chi connectivity index (χ3n) is 5.43. The minimum atomic E-state index is -0.827. The Morgan fingerprint density at radius 2 is 1.96 bits per heavy atom. The Labute approximate surface area is 146 Å². The van der Waals surface area contributed by atoms with Crippen LogP contribution in [-0.2, 0) is 16.8 Å². The first kappa shape index (κ1) is 14.5. The summed E-state index contributed by atoms with van der Waals surface area (Å²) in [5, 5.41) is 4.76. The predicted octanol–water partition coefficient (Wildman–Crippen LogP) is 3.09. The van der Waals surface area contributed by atoms with E-state index in [-0.39, 0.29) is 5.91 Å². The number of anilines is 1. The van der Waals surface area contributed by atoms with Crippen LogP contribution in [0, 0.1) is 0 Å². The van der Waals surface area contributed by atoms with Crippen LogP contribution < -0.4 is 10.2 Å². The molecule has 0 radical (unpaired) electrons. The Kier molecular flexibility index (Phi) is 2.94. The normalized spacial score (nSPS) is 21.6. The molecular weight excluding hydrogens is 310 g/mol. The second-order valence-corrected chi connectivity index (χ2v) is 6.67. The number of carbonyl (C=O) groups is 1. The van der Waals surface area contributed by atoms with Crippen molar-refractivity contribution in [3.63, 3.8) is 0 Å². The van der Waals surface area contributed by atoms with E-state index in [9.17, 15) is 4.79 Å². The summed E-state index contributed by atoms with van der Waals surface area (Å²) >= 11 is 0. The highest BCUT2D eigenvalue weighted by molar-refractivity contribution is 6.11. The average Bonchev–Trinajstić information content (AvgIpc) is 3.14. The number of nitrogens with one attached hydrogen (secondary N) is 2. The summed E-state index contributed by atoms with van der Waals surface area (Å²) in [6.07, 6.45) is 2.70. The topological polar surface area (TPSA) is 48.1 Å². The van der Waals surface area contributed by atoms with Gasteiger partial charge in [-0.2, -0.15) is 0 Å². The number of aromatic amines is 1. The van der Waals surface area contributed by atoms with Crippen molar-refractivity contribution in [2.75, 3.05) is 18.0 Å². The van der Waals surface area contributed by atoms with Gasteiger partial charge in [-0.25, -0.2) is 0 Å². The molecule has 1 unspecified atom stereocenters. The number of hydrogen-bond donors (Lipinski definition) is 2. The van der Waals surface area contributed by atoms with E-state index >= 15 is 0 Å². The summed E-state index contributed by atoms with van der Waals surface area (Å²) in [6.45, 7) is 5.11. The Hall–Kier alpha value is -2.85. The summed E-state index contributed by atoms with van der Waals surface area (Å²) in [6, 6.07) is 16.4. The molecule has 124 valence electrons. The number of hydrogen-bond acceptors (Lipinski definition) is 2. The third kappa shape index (κ3) is 1.72. The lowest BCUT2D eigenvalue weighted by atomic mass is 9.82. The fraction of sp³-hybridized carbons (Fsp3) is 0.190. The van der Waals surface area contributed by atoms with Gasteiger partial charge in [0.25, 0.3) is 5.91 Å². The molecule has 2 aromatic carbocycles. The number of aromatic nitrogens is 1. The molecule has 2 aliphatic rings. The molecule has 4 heteroatoms. The first-order valence-corrected chi connectivity index (χ1v) is 8.65. The van der Waals surface area contributed by atoms with Gasteiger partial charge in [0.15, 0.2) is 5.54 Å². The Morgan fingerprint density at radius 3 is 2.84 bits per heavy atom. The second kappa shape index (κ2) is 5.07. The number of benzene rings is 2. The van der Waals surface area contributed by atoms with Crippen LogP contribution in [-0.4, -0.2) is 24.0 Å². The SMILES string of the molecule is C=CCN1C(=O)C2(NCCc3c2[nH]c2ccccc32)c2ccccc21. The van der Waals surface area contributed by atoms with Crippen molar-refractivity contribution in [3.8, 4) is 0 Å². The van der Waals surface area contributed by atoms with Crippen molar-refractivity contribution >= 4 is 22.5 Å². The Balaban J connectivity index is 1.83. The van der Waals surface area contributed by atoms with E-state index in [1.807, 2.05) is 29.2 Å². The zero-order valence-electron chi connectivity index (χ0n) is 13.9. The van der Waals surface area contributed by atoms with Gasteiger partial charge in [-0.3, -0.25) is 10.1 Å². The zero-order valence-corrected chi connectivity index (χ0v) is 13.9. The standard InChI is InChI=1S/C21H19N3O/c1-2-13-24-18-10-6-4-8-16(18)21(20(24)25)19-15(11-12-22-21)14-7-3-5-9-17(14)23-19/h2-10,22-23H,1,11-13H2. The Morgan fingerprint density at radius 1 is 1.16 bits per heavy atom. The fourth-order valence-corrected chi connectivity index (χ4v) is 4.42. The average molecular weight is 329 g/mol. The van der Waals surface area contributed by atoms with Gasteiger partial charge >= 0.3 is 0 Å². The van der Waals surface area contributed by atoms with Crippen LogP contribution in [0.15, 0.2) is 61.2 Å². The molecule has 0 fully saturated rings. The van der Waals surface area contributed by atoms with Gasteiger partial charge < -0.3 is 9.88 Å². The van der Waals surface area contributed by atoms with Gasteiger partial charge in [-0.15, -0.1) is 6.58 Å². The van der Waals surface area contributed by atoms with Crippen LogP contribution in [0.3, 0.4) is 0 Å². The molecule has 0 aliphatic carbocycles. The summed E-state index contributed by atoms with van der Waals surface area (Å²) in [5.74, 6) is 0.0705. The first-order chi connectivity index (χ1) is 12.3. The van der Waals surface area contributed by atoms with Crippen LogP contribution in [0.4, 0.5) is 5.69 Å². The molecule has 2 N–H and O–H groups in total. The number of carbonyl (C=O) groups excluding carboxylic acids is 1. The smallest absolute Gasteiger partial charge is 0.258 e. The maximum Gasteiger partial charge on any atom is 0.258 e. The quantitative estimate of drug-likeness (QED) is 0.710. The maximum absolute atomic E-state index is 13.6. The van der Waals surface area contributed by atoms with Crippen LogP contribution in [0.1, 0.15) is 16.8 Å². The van der Waals surface area contributed by atoms with Gasteiger partial charge in [0, 0.05) is 29.6 Å². The molecule has 0 saturated carbocycles. The maximum atomic E-state index is 13.6. The monoisotopic (exact) mass is 329 g/mol. The molecule has 3 aromatic rings. The first-order valence-electron chi connectivity index (χ1n) is 8.65. The molecular formula is C21H19N3O. The molecule has 1 atom stereocenters. The van der Waals surface area contributed by atoms with Crippen molar-refractivity contribution in [3.05, 3.63) is 78.0 Å². The lowest BCUT2D eigenvalue weighted by molar-refractivity contribution is -0.123. The van der Waals surface area contributed by atoms with E-state index < -0.39 is 5.54 Å². The molecule has 0 saturated heterocycles.